The van der Waals surface area contributed by atoms with Crippen molar-refractivity contribution in [2.24, 2.45) is 0 Å². The van der Waals surface area contributed by atoms with E-state index in [0.29, 0.717) is 17.1 Å². The summed E-state index contributed by atoms with van der Waals surface area (Å²) in [5, 5.41) is 0. The van der Waals surface area contributed by atoms with E-state index in [2.05, 4.69) is 0 Å². The number of carbonyl (C=O) groups excluding carboxylic acids is 1. The Hall–Kier alpha value is -1.51. The summed E-state index contributed by atoms with van der Waals surface area (Å²) >= 11 is 0. The lowest BCUT2D eigenvalue weighted by molar-refractivity contribution is -0.0431. The Bertz CT molecular complexity index is 355. The second-order valence-corrected chi connectivity index (χ2v) is 3.43. The molecule has 0 amide bonds. The number of hydrogen-bond acceptors (Lipinski definition) is 3. The van der Waals surface area contributed by atoms with E-state index < -0.39 is 5.79 Å². The molecule has 0 spiro atoms. The van der Waals surface area contributed by atoms with Crippen LogP contribution in [-0.4, -0.2) is 12.1 Å². The molecule has 0 aromatic heterocycles. The molecule has 0 saturated carbocycles. The van der Waals surface area contributed by atoms with Crippen molar-refractivity contribution in [3.63, 3.8) is 0 Å². The molecule has 0 fully saturated rings. The van der Waals surface area contributed by atoms with E-state index in [-0.39, 0.29) is 0 Å². The van der Waals surface area contributed by atoms with Crippen LogP contribution < -0.4 is 9.47 Å². The summed E-state index contributed by atoms with van der Waals surface area (Å²) in [5.74, 6) is 0.703. The number of ether oxygens (including phenoxy) is 2. The van der Waals surface area contributed by atoms with Crippen LogP contribution in [0.4, 0.5) is 0 Å². The van der Waals surface area contributed by atoms with Gasteiger partial charge in [-0.05, 0) is 18.2 Å². The summed E-state index contributed by atoms with van der Waals surface area (Å²) < 4.78 is 10.9. The maximum absolute atomic E-state index is 10.5. The molecule has 1 aliphatic rings. The topological polar surface area (TPSA) is 35.5 Å². The van der Waals surface area contributed by atoms with Crippen LogP contribution in [0.5, 0.6) is 11.5 Å². The Morgan fingerprint density at radius 3 is 2.62 bits per heavy atom. The lowest BCUT2D eigenvalue weighted by Gasteiger charge is -2.16. The van der Waals surface area contributed by atoms with Gasteiger partial charge in [0.15, 0.2) is 11.5 Å². The number of carbonyl (C=O) groups is 1. The van der Waals surface area contributed by atoms with E-state index in [1.165, 1.54) is 0 Å². The molecule has 13 heavy (non-hydrogen) atoms. The van der Waals surface area contributed by atoms with Gasteiger partial charge in [0, 0.05) is 19.4 Å². The van der Waals surface area contributed by atoms with Crippen molar-refractivity contribution in [1.29, 1.82) is 0 Å². The standard InChI is InChI=1S/C10H10O3/c1-10(2)12-8-4-3-7(6-11)5-9(8)13-10/h3-6H,1-2H3. The molecule has 1 aliphatic heterocycles. The van der Waals surface area contributed by atoms with Gasteiger partial charge in [-0.3, -0.25) is 4.79 Å². The third-order valence-electron chi connectivity index (χ3n) is 1.82. The highest BCUT2D eigenvalue weighted by molar-refractivity contribution is 5.76. The second-order valence-electron chi connectivity index (χ2n) is 3.43. The zero-order valence-corrected chi connectivity index (χ0v) is 7.53. The van der Waals surface area contributed by atoms with Crippen LogP contribution in [0.25, 0.3) is 0 Å². The minimum atomic E-state index is -0.621. The highest BCUT2D eigenvalue weighted by atomic mass is 16.7. The van der Waals surface area contributed by atoms with E-state index in [1.54, 1.807) is 18.2 Å². The number of aldehydes is 1. The largest absolute Gasteiger partial charge is 0.449 e. The highest BCUT2D eigenvalue weighted by Crippen LogP contribution is 2.39. The van der Waals surface area contributed by atoms with Gasteiger partial charge in [0.2, 0.25) is 5.79 Å². The van der Waals surface area contributed by atoms with E-state index in [0.717, 1.165) is 6.29 Å². The fourth-order valence-electron chi connectivity index (χ4n) is 1.31. The van der Waals surface area contributed by atoms with Gasteiger partial charge < -0.3 is 9.47 Å². The SMILES string of the molecule is CC1(C)Oc2ccc(C=O)cc2O1. The van der Waals surface area contributed by atoms with Gasteiger partial charge in [-0.15, -0.1) is 0 Å². The molecule has 0 N–H and O–H groups in total. The van der Waals surface area contributed by atoms with Crippen LogP contribution in [-0.2, 0) is 0 Å². The van der Waals surface area contributed by atoms with Gasteiger partial charge in [0.25, 0.3) is 0 Å². The molecular weight excluding hydrogens is 168 g/mol. The Morgan fingerprint density at radius 2 is 1.92 bits per heavy atom. The minimum absolute atomic E-state index is 0.597. The van der Waals surface area contributed by atoms with Crippen molar-refractivity contribution in [3.05, 3.63) is 23.8 Å². The Balaban J connectivity index is 2.41. The van der Waals surface area contributed by atoms with Crippen LogP contribution in [0.1, 0.15) is 24.2 Å². The molecule has 0 aliphatic carbocycles. The number of rotatable bonds is 1. The van der Waals surface area contributed by atoms with Crippen molar-refractivity contribution < 1.29 is 14.3 Å². The Morgan fingerprint density at radius 1 is 1.23 bits per heavy atom. The third-order valence-corrected chi connectivity index (χ3v) is 1.82. The van der Waals surface area contributed by atoms with Crippen molar-refractivity contribution in [2.45, 2.75) is 19.6 Å². The molecule has 1 aromatic rings. The van der Waals surface area contributed by atoms with Crippen molar-refractivity contribution in [3.8, 4) is 11.5 Å². The summed E-state index contributed by atoms with van der Waals surface area (Å²) in [5.41, 5.74) is 0.597. The van der Waals surface area contributed by atoms with Gasteiger partial charge in [0.05, 0.1) is 0 Å². The van der Waals surface area contributed by atoms with E-state index in [4.69, 9.17) is 9.47 Å². The minimum Gasteiger partial charge on any atom is -0.449 e. The molecule has 1 heterocycles. The van der Waals surface area contributed by atoms with Crippen LogP contribution >= 0.6 is 0 Å². The fourth-order valence-corrected chi connectivity index (χ4v) is 1.31. The monoisotopic (exact) mass is 178 g/mol. The first-order valence-electron chi connectivity index (χ1n) is 4.08. The van der Waals surface area contributed by atoms with Crippen LogP contribution in [0.15, 0.2) is 18.2 Å². The van der Waals surface area contributed by atoms with Crippen LogP contribution in [0.3, 0.4) is 0 Å². The van der Waals surface area contributed by atoms with E-state index in [1.807, 2.05) is 13.8 Å². The van der Waals surface area contributed by atoms with Crippen LogP contribution in [0, 0.1) is 0 Å². The normalized spacial score (nSPS) is 17.1. The fraction of sp³-hybridized carbons (Fsp3) is 0.300. The molecule has 0 bridgehead atoms. The molecule has 2 rings (SSSR count). The van der Waals surface area contributed by atoms with Crippen molar-refractivity contribution in [1.82, 2.24) is 0 Å². The van der Waals surface area contributed by atoms with E-state index in [9.17, 15) is 4.79 Å². The summed E-state index contributed by atoms with van der Waals surface area (Å²) in [6.07, 6.45) is 0.787. The lowest BCUT2D eigenvalue weighted by Crippen LogP contribution is -2.29. The average Bonchev–Trinajstić information content (AvgIpc) is 2.36. The average molecular weight is 178 g/mol. The van der Waals surface area contributed by atoms with E-state index >= 15 is 0 Å². The molecule has 0 unspecified atom stereocenters. The number of fused-ring (bicyclic) bond motifs is 1. The maximum Gasteiger partial charge on any atom is 0.246 e. The van der Waals surface area contributed by atoms with Crippen LogP contribution in [0.2, 0.25) is 0 Å². The summed E-state index contributed by atoms with van der Waals surface area (Å²) in [6, 6.07) is 5.13. The van der Waals surface area contributed by atoms with Gasteiger partial charge in [-0.25, -0.2) is 0 Å². The molecule has 0 radical (unpaired) electrons. The first-order valence-corrected chi connectivity index (χ1v) is 4.08. The first kappa shape index (κ1) is 8.10. The number of benzene rings is 1. The zero-order valence-electron chi connectivity index (χ0n) is 7.53. The Kier molecular flexibility index (Phi) is 1.55. The van der Waals surface area contributed by atoms with Gasteiger partial charge in [-0.1, -0.05) is 0 Å². The molecular formula is C10H10O3. The highest BCUT2D eigenvalue weighted by Gasteiger charge is 2.31. The predicted octanol–water partition coefficient (Wildman–Crippen LogP) is 2.01. The second kappa shape index (κ2) is 2.49. The van der Waals surface area contributed by atoms with Gasteiger partial charge in [0.1, 0.15) is 6.29 Å². The first-order chi connectivity index (χ1) is 6.11. The smallest absolute Gasteiger partial charge is 0.246 e. The molecule has 0 atom stereocenters. The molecule has 3 heteroatoms. The summed E-state index contributed by atoms with van der Waals surface area (Å²) in [4.78, 5) is 10.5. The quantitative estimate of drug-likeness (QED) is 0.617. The molecule has 3 nitrogen and oxygen atoms in total. The van der Waals surface area contributed by atoms with Crippen molar-refractivity contribution in [2.75, 3.05) is 0 Å². The molecule has 0 saturated heterocycles. The van der Waals surface area contributed by atoms with Crippen molar-refractivity contribution >= 4 is 6.29 Å². The summed E-state index contributed by atoms with van der Waals surface area (Å²) in [7, 11) is 0. The maximum atomic E-state index is 10.5. The molecule has 1 aromatic carbocycles. The summed E-state index contributed by atoms with van der Waals surface area (Å²) in [6.45, 7) is 3.65. The van der Waals surface area contributed by atoms with Gasteiger partial charge >= 0.3 is 0 Å². The molecule has 68 valence electrons. The van der Waals surface area contributed by atoms with Gasteiger partial charge in [-0.2, -0.15) is 0 Å². The predicted molar refractivity (Wildman–Crippen MR) is 47.2 cm³/mol. The number of hydrogen-bond donors (Lipinski definition) is 0. The zero-order chi connectivity index (χ0) is 9.47. The Labute approximate surface area is 76.3 Å². The third kappa shape index (κ3) is 1.37. The lowest BCUT2D eigenvalue weighted by atomic mass is 10.2.